The minimum Gasteiger partial charge on any atom is -0.298 e. The number of allylic oxidation sites excluding steroid dienone is 4. The Morgan fingerprint density at radius 1 is 1.26 bits per heavy atom. The number of hydrogen-bond acceptors (Lipinski definition) is 3. The molecule has 19 heavy (non-hydrogen) atoms. The van der Waals surface area contributed by atoms with Crippen LogP contribution >= 0.6 is 0 Å². The first-order valence-electron chi connectivity index (χ1n) is 6.13. The molecule has 0 aliphatic heterocycles. The number of benzene rings is 1. The van der Waals surface area contributed by atoms with Crippen LogP contribution in [-0.2, 0) is 4.79 Å². The van der Waals surface area contributed by atoms with Gasteiger partial charge in [-0.25, -0.2) is 0 Å². The van der Waals surface area contributed by atoms with Gasteiger partial charge in [0, 0.05) is 23.1 Å². The summed E-state index contributed by atoms with van der Waals surface area (Å²) in [4.78, 5) is 21.9. The van der Waals surface area contributed by atoms with Crippen molar-refractivity contribution in [2.75, 3.05) is 0 Å². The van der Waals surface area contributed by atoms with E-state index in [0.29, 0.717) is 11.1 Å². The lowest BCUT2D eigenvalue weighted by Crippen LogP contribution is -2.18. The SMILES string of the molecule is CC1=CC=C(C=O)[C@@H](c2ccccc2[N+](=O)[O-])C1C. The van der Waals surface area contributed by atoms with Crippen molar-refractivity contribution in [3.8, 4) is 0 Å². The lowest BCUT2D eigenvalue weighted by atomic mass is 9.75. The third-order valence-electron chi connectivity index (χ3n) is 3.72. The summed E-state index contributed by atoms with van der Waals surface area (Å²) >= 11 is 0. The molecule has 0 fully saturated rings. The lowest BCUT2D eigenvalue weighted by Gasteiger charge is -2.28. The topological polar surface area (TPSA) is 60.2 Å². The number of rotatable bonds is 3. The fourth-order valence-electron chi connectivity index (χ4n) is 2.51. The summed E-state index contributed by atoms with van der Waals surface area (Å²) in [5.74, 6) is -0.171. The van der Waals surface area contributed by atoms with Crippen LogP contribution in [0.2, 0.25) is 0 Å². The Bertz CT molecular complexity index is 587. The van der Waals surface area contributed by atoms with Crippen LogP contribution in [0.5, 0.6) is 0 Å². The van der Waals surface area contributed by atoms with Crippen LogP contribution in [-0.4, -0.2) is 11.2 Å². The van der Waals surface area contributed by atoms with E-state index < -0.39 is 4.92 Å². The number of hydrogen-bond donors (Lipinski definition) is 0. The number of nitro groups is 1. The second-order valence-electron chi connectivity index (χ2n) is 4.78. The van der Waals surface area contributed by atoms with Gasteiger partial charge in [0.2, 0.25) is 0 Å². The number of carbonyl (C=O) groups excluding carboxylic acids is 1. The molecule has 1 aliphatic carbocycles. The van der Waals surface area contributed by atoms with Crippen molar-refractivity contribution in [3.05, 3.63) is 63.2 Å². The normalized spacial score (nSPS) is 22.4. The zero-order valence-corrected chi connectivity index (χ0v) is 10.9. The quantitative estimate of drug-likeness (QED) is 0.473. The van der Waals surface area contributed by atoms with Gasteiger partial charge in [0.25, 0.3) is 5.69 Å². The van der Waals surface area contributed by atoms with Crippen LogP contribution in [0, 0.1) is 16.0 Å². The van der Waals surface area contributed by atoms with E-state index in [1.165, 1.54) is 6.07 Å². The molecule has 4 nitrogen and oxygen atoms in total. The van der Waals surface area contributed by atoms with E-state index in [1.54, 1.807) is 24.3 Å². The van der Waals surface area contributed by atoms with Crippen LogP contribution in [0.1, 0.15) is 25.3 Å². The van der Waals surface area contributed by atoms with Gasteiger partial charge < -0.3 is 0 Å². The van der Waals surface area contributed by atoms with E-state index in [1.807, 2.05) is 19.9 Å². The van der Waals surface area contributed by atoms with Crippen LogP contribution < -0.4 is 0 Å². The molecule has 0 N–H and O–H groups in total. The van der Waals surface area contributed by atoms with Gasteiger partial charge in [-0.3, -0.25) is 14.9 Å². The summed E-state index contributed by atoms with van der Waals surface area (Å²) in [6.45, 7) is 3.97. The fraction of sp³-hybridized carbons (Fsp3) is 0.267. The molecule has 0 saturated carbocycles. The molecule has 98 valence electrons. The van der Waals surface area contributed by atoms with E-state index in [4.69, 9.17) is 0 Å². The molecule has 0 heterocycles. The molecule has 0 amide bonds. The number of para-hydroxylation sites is 1. The first-order chi connectivity index (χ1) is 9.06. The highest BCUT2D eigenvalue weighted by Crippen LogP contribution is 2.41. The summed E-state index contributed by atoms with van der Waals surface area (Å²) in [7, 11) is 0. The fourth-order valence-corrected chi connectivity index (χ4v) is 2.51. The number of nitrogens with zero attached hydrogens (tertiary/aromatic N) is 1. The Morgan fingerprint density at radius 2 is 1.95 bits per heavy atom. The molecule has 2 atom stereocenters. The first kappa shape index (κ1) is 13.2. The van der Waals surface area contributed by atoms with E-state index in [-0.39, 0.29) is 17.5 Å². The number of nitro benzene ring substituents is 1. The van der Waals surface area contributed by atoms with Crippen molar-refractivity contribution in [1.82, 2.24) is 0 Å². The van der Waals surface area contributed by atoms with Gasteiger partial charge >= 0.3 is 0 Å². The summed E-state index contributed by atoms with van der Waals surface area (Å²) in [5.41, 5.74) is 2.38. The second kappa shape index (κ2) is 5.18. The van der Waals surface area contributed by atoms with Gasteiger partial charge in [-0.1, -0.05) is 42.8 Å². The van der Waals surface area contributed by atoms with Gasteiger partial charge in [-0.05, 0) is 12.8 Å². The third kappa shape index (κ3) is 2.34. The van der Waals surface area contributed by atoms with E-state index in [0.717, 1.165) is 11.9 Å². The predicted octanol–water partition coefficient (Wildman–Crippen LogP) is 3.40. The van der Waals surface area contributed by atoms with Crippen LogP contribution in [0.15, 0.2) is 47.6 Å². The van der Waals surface area contributed by atoms with Gasteiger partial charge in [0.1, 0.15) is 6.29 Å². The minimum atomic E-state index is -0.391. The van der Waals surface area contributed by atoms with Crippen molar-refractivity contribution in [1.29, 1.82) is 0 Å². The Balaban J connectivity index is 2.57. The molecule has 0 aromatic heterocycles. The second-order valence-corrected chi connectivity index (χ2v) is 4.78. The highest BCUT2D eigenvalue weighted by molar-refractivity contribution is 5.78. The number of carbonyl (C=O) groups is 1. The van der Waals surface area contributed by atoms with Crippen LogP contribution in [0.3, 0.4) is 0 Å². The Labute approximate surface area is 111 Å². The van der Waals surface area contributed by atoms with Gasteiger partial charge in [-0.15, -0.1) is 0 Å². The number of aldehydes is 1. The highest BCUT2D eigenvalue weighted by atomic mass is 16.6. The van der Waals surface area contributed by atoms with Gasteiger partial charge in [0.15, 0.2) is 0 Å². The average molecular weight is 257 g/mol. The Kier molecular flexibility index (Phi) is 3.60. The Hall–Kier alpha value is -2.23. The molecule has 0 bridgehead atoms. The smallest absolute Gasteiger partial charge is 0.273 e. The van der Waals surface area contributed by atoms with Crippen molar-refractivity contribution < 1.29 is 9.72 Å². The van der Waals surface area contributed by atoms with Crippen LogP contribution in [0.4, 0.5) is 5.69 Å². The van der Waals surface area contributed by atoms with Gasteiger partial charge in [0.05, 0.1) is 4.92 Å². The summed E-state index contributed by atoms with van der Waals surface area (Å²) in [6, 6.07) is 6.63. The van der Waals surface area contributed by atoms with E-state index in [2.05, 4.69) is 0 Å². The summed E-state index contributed by atoms with van der Waals surface area (Å²) in [5, 5.41) is 11.1. The molecule has 2 rings (SSSR count). The molecular formula is C15H15NO3. The van der Waals surface area contributed by atoms with Gasteiger partial charge in [-0.2, -0.15) is 0 Å². The zero-order chi connectivity index (χ0) is 14.0. The predicted molar refractivity (Wildman–Crippen MR) is 72.9 cm³/mol. The third-order valence-corrected chi connectivity index (χ3v) is 3.72. The molecule has 1 aliphatic rings. The van der Waals surface area contributed by atoms with E-state index >= 15 is 0 Å². The minimum absolute atomic E-state index is 0.0711. The maximum absolute atomic E-state index is 11.2. The molecule has 4 heteroatoms. The molecule has 1 aromatic carbocycles. The van der Waals surface area contributed by atoms with Crippen LogP contribution in [0.25, 0.3) is 0 Å². The standard InChI is InChI=1S/C15H15NO3/c1-10-7-8-12(9-17)15(11(10)2)13-5-3-4-6-14(13)16(18)19/h3-9,11,15H,1-2H3/t11?,15-/m0/s1. The zero-order valence-electron chi connectivity index (χ0n) is 10.9. The average Bonchev–Trinajstić information content (AvgIpc) is 2.41. The lowest BCUT2D eigenvalue weighted by molar-refractivity contribution is -0.385. The van der Waals surface area contributed by atoms with Crippen molar-refractivity contribution >= 4 is 12.0 Å². The van der Waals surface area contributed by atoms with Crippen molar-refractivity contribution in [3.63, 3.8) is 0 Å². The summed E-state index contributed by atoms with van der Waals surface area (Å²) in [6.07, 6.45) is 4.45. The summed E-state index contributed by atoms with van der Waals surface area (Å²) < 4.78 is 0. The van der Waals surface area contributed by atoms with E-state index in [9.17, 15) is 14.9 Å². The maximum Gasteiger partial charge on any atom is 0.273 e. The molecule has 0 radical (unpaired) electrons. The van der Waals surface area contributed by atoms with Crippen molar-refractivity contribution in [2.24, 2.45) is 5.92 Å². The molecular weight excluding hydrogens is 242 g/mol. The first-order valence-corrected chi connectivity index (χ1v) is 6.13. The Morgan fingerprint density at radius 3 is 2.58 bits per heavy atom. The largest absolute Gasteiger partial charge is 0.298 e. The van der Waals surface area contributed by atoms with Crippen molar-refractivity contribution in [2.45, 2.75) is 19.8 Å². The maximum atomic E-state index is 11.2. The molecule has 1 unspecified atom stereocenters. The molecule has 0 saturated heterocycles. The highest BCUT2D eigenvalue weighted by Gasteiger charge is 2.31. The molecule has 0 spiro atoms. The monoisotopic (exact) mass is 257 g/mol. The molecule has 1 aromatic rings.